The lowest BCUT2D eigenvalue weighted by Gasteiger charge is -2.22. The Morgan fingerprint density at radius 2 is 1.87 bits per heavy atom. The second-order valence-corrected chi connectivity index (χ2v) is 7.49. The molecule has 1 unspecified atom stereocenters. The molecule has 1 atom stereocenters. The van der Waals surface area contributed by atoms with Crippen LogP contribution in [0.5, 0.6) is 5.75 Å². The van der Waals surface area contributed by atoms with Crippen LogP contribution in [0.3, 0.4) is 0 Å². The molecular formula is C21H21F2N3O5. The summed E-state index contributed by atoms with van der Waals surface area (Å²) >= 11 is 0. The molecule has 31 heavy (non-hydrogen) atoms. The quantitative estimate of drug-likeness (QED) is 0.386. The largest absolute Gasteiger partial charge is 0.435 e. The Balaban J connectivity index is 1.69. The van der Waals surface area contributed by atoms with Gasteiger partial charge in [-0.3, -0.25) is 19.8 Å². The van der Waals surface area contributed by atoms with Crippen LogP contribution in [0.4, 0.5) is 19.3 Å². The number of aryl methyl sites for hydroxylation is 1. The smallest absolute Gasteiger partial charge is 0.387 e. The summed E-state index contributed by atoms with van der Waals surface area (Å²) in [6.45, 7) is 0.207. The van der Waals surface area contributed by atoms with Crippen LogP contribution in [-0.4, -0.2) is 33.9 Å². The number of alkyl halides is 2. The summed E-state index contributed by atoms with van der Waals surface area (Å²) in [6, 6.07) is 10.0. The summed E-state index contributed by atoms with van der Waals surface area (Å²) in [6.07, 6.45) is 0.707. The minimum absolute atomic E-state index is 0.0358. The highest BCUT2D eigenvalue weighted by molar-refractivity contribution is 6.06. The van der Waals surface area contributed by atoms with Crippen molar-refractivity contribution < 1.29 is 28.0 Å². The van der Waals surface area contributed by atoms with Gasteiger partial charge in [-0.1, -0.05) is 24.3 Å². The molecule has 1 N–H and O–H groups in total. The number of imide groups is 1. The number of nitro groups is 1. The molecule has 1 saturated heterocycles. The maximum atomic E-state index is 13.0. The first-order valence-electron chi connectivity index (χ1n) is 9.51. The highest BCUT2D eigenvalue weighted by Gasteiger charge is 2.47. The molecule has 2 aromatic carbocycles. The van der Waals surface area contributed by atoms with E-state index in [0.29, 0.717) is 17.5 Å². The fraction of sp³-hybridized carbons (Fsp3) is 0.333. The van der Waals surface area contributed by atoms with Crippen molar-refractivity contribution in [1.29, 1.82) is 0 Å². The van der Waals surface area contributed by atoms with Crippen LogP contribution in [0, 0.1) is 17.0 Å². The summed E-state index contributed by atoms with van der Waals surface area (Å²) in [7, 11) is 0. The van der Waals surface area contributed by atoms with E-state index in [1.165, 1.54) is 24.3 Å². The monoisotopic (exact) mass is 433 g/mol. The van der Waals surface area contributed by atoms with E-state index in [9.17, 15) is 28.5 Å². The van der Waals surface area contributed by atoms with E-state index in [-0.39, 0.29) is 24.4 Å². The Morgan fingerprint density at radius 1 is 1.19 bits per heavy atom. The second kappa shape index (κ2) is 8.66. The van der Waals surface area contributed by atoms with Crippen molar-refractivity contribution in [2.45, 2.75) is 45.4 Å². The highest BCUT2D eigenvalue weighted by atomic mass is 19.3. The number of nitrogens with zero attached hydrogens (tertiary/aromatic N) is 2. The van der Waals surface area contributed by atoms with Crippen molar-refractivity contribution in [3.8, 4) is 5.75 Å². The van der Waals surface area contributed by atoms with Crippen molar-refractivity contribution in [2.75, 3.05) is 0 Å². The molecule has 164 valence electrons. The van der Waals surface area contributed by atoms with E-state index in [4.69, 9.17) is 0 Å². The number of benzene rings is 2. The van der Waals surface area contributed by atoms with Gasteiger partial charge in [-0.05, 0) is 49.9 Å². The van der Waals surface area contributed by atoms with Gasteiger partial charge in [-0.2, -0.15) is 8.78 Å². The second-order valence-electron chi connectivity index (χ2n) is 7.49. The van der Waals surface area contributed by atoms with E-state index in [1.807, 2.05) is 0 Å². The molecule has 0 spiro atoms. The van der Waals surface area contributed by atoms with Crippen LogP contribution < -0.4 is 10.1 Å². The first kappa shape index (κ1) is 22.1. The zero-order chi connectivity index (χ0) is 22.8. The number of urea groups is 1. The minimum Gasteiger partial charge on any atom is -0.435 e. The first-order valence-corrected chi connectivity index (χ1v) is 9.51. The van der Waals surface area contributed by atoms with Gasteiger partial charge in [0.1, 0.15) is 11.3 Å². The summed E-state index contributed by atoms with van der Waals surface area (Å²) in [5, 5.41) is 13.8. The molecule has 0 aliphatic carbocycles. The topological polar surface area (TPSA) is 102 Å². The van der Waals surface area contributed by atoms with Crippen LogP contribution in [0.25, 0.3) is 0 Å². The summed E-state index contributed by atoms with van der Waals surface area (Å²) in [5.41, 5.74) is 0.470. The van der Waals surface area contributed by atoms with E-state index in [0.717, 1.165) is 10.5 Å². The summed E-state index contributed by atoms with van der Waals surface area (Å²) < 4.78 is 28.8. The van der Waals surface area contributed by atoms with Crippen LogP contribution in [-0.2, 0) is 17.8 Å². The molecule has 0 aromatic heterocycles. The van der Waals surface area contributed by atoms with Crippen molar-refractivity contribution in [2.24, 2.45) is 0 Å². The predicted molar refractivity (Wildman–Crippen MR) is 107 cm³/mol. The fourth-order valence-corrected chi connectivity index (χ4v) is 3.50. The number of amides is 3. The van der Waals surface area contributed by atoms with Gasteiger partial charge in [-0.25, -0.2) is 4.79 Å². The lowest BCUT2D eigenvalue weighted by Crippen LogP contribution is -2.44. The lowest BCUT2D eigenvalue weighted by atomic mass is 9.93. The average Bonchev–Trinajstić information content (AvgIpc) is 2.91. The Morgan fingerprint density at radius 3 is 2.48 bits per heavy atom. The molecular weight excluding hydrogens is 412 g/mol. The molecule has 1 aliphatic rings. The van der Waals surface area contributed by atoms with Crippen LogP contribution in [0.2, 0.25) is 0 Å². The van der Waals surface area contributed by atoms with Crippen molar-refractivity contribution in [3.63, 3.8) is 0 Å². The van der Waals surface area contributed by atoms with E-state index in [1.54, 1.807) is 32.0 Å². The third kappa shape index (κ3) is 4.79. The number of ether oxygens (including phenoxy) is 1. The zero-order valence-corrected chi connectivity index (χ0v) is 16.9. The van der Waals surface area contributed by atoms with Crippen LogP contribution in [0.15, 0.2) is 42.5 Å². The molecule has 3 rings (SSSR count). The number of hydrogen-bond donors (Lipinski definition) is 1. The third-order valence-electron chi connectivity index (χ3n) is 5.35. The maximum Gasteiger partial charge on any atom is 0.387 e. The number of rotatable bonds is 8. The maximum absolute atomic E-state index is 13.0. The average molecular weight is 433 g/mol. The van der Waals surface area contributed by atoms with Gasteiger partial charge in [0.05, 0.1) is 11.5 Å². The molecule has 0 saturated carbocycles. The van der Waals surface area contributed by atoms with Gasteiger partial charge in [-0.15, -0.1) is 0 Å². The number of nitrogens with one attached hydrogen (secondary N) is 1. The van der Waals surface area contributed by atoms with Crippen LogP contribution >= 0.6 is 0 Å². The first-order chi connectivity index (χ1) is 14.6. The molecule has 1 aliphatic heterocycles. The normalized spacial score (nSPS) is 18.4. The minimum atomic E-state index is -2.91. The number of carbonyl (C=O) groups excluding carboxylic acids is 2. The fourth-order valence-electron chi connectivity index (χ4n) is 3.50. The summed E-state index contributed by atoms with van der Waals surface area (Å²) in [4.78, 5) is 37.1. The van der Waals surface area contributed by atoms with Gasteiger partial charge in [0.2, 0.25) is 0 Å². The van der Waals surface area contributed by atoms with Crippen molar-refractivity contribution >= 4 is 17.6 Å². The molecule has 0 bridgehead atoms. The molecule has 1 fully saturated rings. The van der Waals surface area contributed by atoms with Crippen molar-refractivity contribution in [3.05, 3.63) is 69.3 Å². The number of hydrogen-bond acceptors (Lipinski definition) is 5. The van der Waals surface area contributed by atoms with Gasteiger partial charge in [0.25, 0.3) is 11.6 Å². The molecule has 1 heterocycles. The molecule has 2 aromatic rings. The van der Waals surface area contributed by atoms with E-state index in [2.05, 4.69) is 10.1 Å². The highest BCUT2D eigenvalue weighted by Crippen LogP contribution is 2.28. The number of nitro benzene ring substituents is 1. The van der Waals surface area contributed by atoms with Gasteiger partial charge in [0, 0.05) is 11.6 Å². The van der Waals surface area contributed by atoms with Crippen LogP contribution in [0.1, 0.15) is 30.0 Å². The molecule has 0 radical (unpaired) electrons. The number of carbonyl (C=O) groups is 2. The zero-order valence-electron chi connectivity index (χ0n) is 16.9. The SMILES string of the molecule is Cc1c(CN2C(=O)NC(C)(CCc3ccc(OC(F)F)cc3)C2=O)cccc1[N+](=O)[O-]. The van der Waals surface area contributed by atoms with Gasteiger partial charge < -0.3 is 10.1 Å². The Hall–Kier alpha value is -3.56. The lowest BCUT2D eigenvalue weighted by molar-refractivity contribution is -0.385. The standard InChI is InChI=1S/C21H21F2N3O5/c1-13-15(4-3-5-17(13)26(29)30)12-25-18(27)21(2,24-20(25)28)11-10-14-6-8-16(9-7-14)31-19(22)23/h3-9,19H,10-12H2,1-2H3,(H,24,28). The predicted octanol–water partition coefficient (Wildman–Crippen LogP) is 3.95. The van der Waals surface area contributed by atoms with E-state index < -0.39 is 29.0 Å². The van der Waals surface area contributed by atoms with Crippen molar-refractivity contribution in [1.82, 2.24) is 10.2 Å². The third-order valence-corrected chi connectivity index (χ3v) is 5.35. The molecule has 10 heteroatoms. The Bertz CT molecular complexity index is 1010. The summed E-state index contributed by atoms with van der Waals surface area (Å²) in [5.74, 6) is -0.394. The molecule has 8 nitrogen and oxygen atoms in total. The van der Waals surface area contributed by atoms with Gasteiger partial charge >= 0.3 is 12.6 Å². The number of halogens is 2. The molecule has 3 amide bonds. The Labute approximate surface area is 176 Å². The van der Waals surface area contributed by atoms with Gasteiger partial charge in [0.15, 0.2) is 0 Å². The van der Waals surface area contributed by atoms with E-state index >= 15 is 0 Å². The Kier molecular flexibility index (Phi) is 6.19.